The molecule has 1 saturated carbocycles. The van der Waals surface area contributed by atoms with Crippen molar-refractivity contribution in [2.45, 2.75) is 38.6 Å². The number of hydrogen-bond acceptors (Lipinski definition) is 5. The zero-order valence-electron chi connectivity index (χ0n) is 11.2. The molecule has 0 bridgehead atoms. The maximum atomic E-state index is 9.25. The number of aromatic nitrogens is 2. The van der Waals surface area contributed by atoms with Gasteiger partial charge in [0.05, 0.1) is 6.61 Å². The van der Waals surface area contributed by atoms with E-state index in [-0.39, 0.29) is 6.61 Å². The normalized spacial score (nSPS) is 15.9. The first-order valence-corrected chi connectivity index (χ1v) is 6.65. The summed E-state index contributed by atoms with van der Waals surface area (Å²) < 4.78 is 0. The van der Waals surface area contributed by atoms with Gasteiger partial charge in [0.1, 0.15) is 17.5 Å². The highest BCUT2D eigenvalue weighted by Crippen LogP contribution is 2.27. The van der Waals surface area contributed by atoms with Crippen LogP contribution in [0.4, 0.5) is 11.6 Å². The number of hydrogen-bond donors (Lipinski definition) is 2. The Morgan fingerprint density at radius 2 is 2.11 bits per heavy atom. The Balaban J connectivity index is 2.25. The third-order valence-electron chi connectivity index (χ3n) is 3.48. The van der Waals surface area contributed by atoms with E-state index >= 15 is 0 Å². The first-order chi connectivity index (χ1) is 8.74. The average Bonchev–Trinajstić information content (AvgIpc) is 2.88. The summed E-state index contributed by atoms with van der Waals surface area (Å²) in [6, 6.07) is 2.47. The number of aliphatic hydroxyl groups excluding tert-OH is 1. The van der Waals surface area contributed by atoms with Gasteiger partial charge in [0.2, 0.25) is 0 Å². The second-order valence-corrected chi connectivity index (χ2v) is 4.76. The zero-order chi connectivity index (χ0) is 13.0. The van der Waals surface area contributed by atoms with Crippen LogP contribution in [-0.2, 0) is 0 Å². The lowest BCUT2D eigenvalue weighted by atomic mass is 10.2. The SMILES string of the molecule is CNc1cc(N(CCO)C2CCCC2)nc(C)n1. The van der Waals surface area contributed by atoms with Gasteiger partial charge in [0, 0.05) is 25.7 Å². The second kappa shape index (κ2) is 6.00. The monoisotopic (exact) mass is 250 g/mol. The number of nitrogens with zero attached hydrogens (tertiary/aromatic N) is 3. The highest BCUT2D eigenvalue weighted by Gasteiger charge is 2.23. The molecule has 0 aliphatic heterocycles. The number of anilines is 2. The fourth-order valence-corrected chi connectivity index (χ4v) is 2.63. The van der Waals surface area contributed by atoms with Gasteiger partial charge in [0.15, 0.2) is 0 Å². The van der Waals surface area contributed by atoms with Crippen molar-refractivity contribution in [3.63, 3.8) is 0 Å². The van der Waals surface area contributed by atoms with Crippen LogP contribution in [0.3, 0.4) is 0 Å². The van der Waals surface area contributed by atoms with E-state index in [1.54, 1.807) is 0 Å². The van der Waals surface area contributed by atoms with E-state index in [9.17, 15) is 5.11 Å². The molecule has 0 radical (unpaired) electrons. The zero-order valence-corrected chi connectivity index (χ0v) is 11.2. The Labute approximate surface area is 108 Å². The number of nitrogens with one attached hydrogen (secondary N) is 1. The third-order valence-corrected chi connectivity index (χ3v) is 3.48. The molecule has 2 rings (SSSR count). The van der Waals surface area contributed by atoms with E-state index in [1.807, 2.05) is 20.0 Å². The van der Waals surface area contributed by atoms with Crippen molar-refractivity contribution in [3.05, 3.63) is 11.9 Å². The van der Waals surface area contributed by atoms with Crippen LogP contribution in [0.1, 0.15) is 31.5 Å². The average molecular weight is 250 g/mol. The van der Waals surface area contributed by atoms with E-state index in [4.69, 9.17) is 0 Å². The molecule has 0 aromatic carbocycles. The minimum Gasteiger partial charge on any atom is -0.395 e. The molecule has 2 N–H and O–H groups in total. The van der Waals surface area contributed by atoms with Crippen molar-refractivity contribution < 1.29 is 5.11 Å². The smallest absolute Gasteiger partial charge is 0.134 e. The quantitative estimate of drug-likeness (QED) is 0.830. The van der Waals surface area contributed by atoms with Gasteiger partial charge in [-0.3, -0.25) is 0 Å². The third kappa shape index (κ3) is 2.90. The first kappa shape index (κ1) is 13.1. The van der Waals surface area contributed by atoms with Crippen LogP contribution in [-0.4, -0.2) is 41.3 Å². The van der Waals surface area contributed by atoms with Crippen LogP contribution in [0.15, 0.2) is 6.07 Å². The molecule has 1 aromatic rings. The molecule has 0 saturated heterocycles. The van der Waals surface area contributed by atoms with E-state index in [0.717, 1.165) is 17.5 Å². The Bertz CT molecular complexity index is 391. The molecule has 100 valence electrons. The molecule has 1 aromatic heterocycles. The molecule has 1 heterocycles. The number of rotatable bonds is 5. The molecular weight excluding hydrogens is 228 g/mol. The van der Waals surface area contributed by atoms with Crippen LogP contribution in [0.25, 0.3) is 0 Å². The van der Waals surface area contributed by atoms with Crippen LogP contribution in [0.2, 0.25) is 0 Å². The van der Waals surface area contributed by atoms with E-state index in [1.165, 1.54) is 25.7 Å². The van der Waals surface area contributed by atoms with Crippen molar-refractivity contribution in [2.75, 3.05) is 30.4 Å². The molecule has 0 unspecified atom stereocenters. The fourth-order valence-electron chi connectivity index (χ4n) is 2.63. The van der Waals surface area contributed by atoms with Crippen molar-refractivity contribution in [2.24, 2.45) is 0 Å². The van der Waals surface area contributed by atoms with Gasteiger partial charge in [-0.15, -0.1) is 0 Å². The van der Waals surface area contributed by atoms with Crippen LogP contribution >= 0.6 is 0 Å². The summed E-state index contributed by atoms with van der Waals surface area (Å²) in [7, 11) is 1.86. The van der Waals surface area contributed by atoms with Gasteiger partial charge in [0.25, 0.3) is 0 Å². The molecule has 0 atom stereocenters. The molecule has 0 amide bonds. The summed E-state index contributed by atoms with van der Waals surface area (Å²) in [6.07, 6.45) is 4.93. The molecular formula is C13H22N4O. The molecule has 5 nitrogen and oxygen atoms in total. The summed E-state index contributed by atoms with van der Waals surface area (Å²) in [4.78, 5) is 11.0. The lowest BCUT2D eigenvalue weighted by molar-refractivity contribution is 0.297. The standard InChI is InChI=1S/C13H22N4O/c1-10-15-12(14-2)9-13(16-10)17(7-8-18)11-5-3-4-6-11/h9,11,18H,3-8H2,1-2H3,(H,14,15,16). The van der Waals surface area contributed by atoms with Gasteiger partial charge < -0.3 is 15.3 Å². The summed E-state index contributed by atoms with van der Waals surface area (Å²) >= 11 is 0. The second-order valence-electron chi connectivity index (χ2n) is 4.76. The lowest BCUT2D eigenvalue weighted by Crippen LogP contribution is -2.36. The first-order valence-electron chi connectivity index (χ1n) is 6.65. The Morgan fingerprint density at radius 3 is 2.72 bits per heavy atom. The Kier molecular flexibility index (Phi) is 4.36. The predicted octanol–water partition coefficient (Wildman–Crippen LogP) is 1.57. The van der Waals surface area contributed by atoms with Gasteiger partial charge in [-0.05, 0) is 19.8 Å². The van der Waals surface area contributed by atoms with Crippen molar-refractivity contribution in [3.8, 4) is 0 Å². The van der Waals surface area contributed by atoms with Gasteiger partial charge in [-0.25, -0.2) is 9.97 Å². The lowest BCUT2D eigenvalue weighted by Gasteiger charge is -2.29. The largest absolute Gasteiger partial charge is 0.395 e. The van der Waals surface area contributed by atoms with Gasteiger partial charge >= 0.3 is 0 Å². The maximum absolute atomic E-state index is 9.25. The fraction of sp³-hybridized carbons (Fsp3) is 0.692. The molecule has 5 heteroatoms. The molecule has 18 heavy (non-hydrogen) atoms. The molecule has 0 spiro atoms. The minimum atomic E-state index is 0.161. The van der Waals surface area contributed by atoms with Crippen molar-refractivity contribution >= 4 is 11.6 Å². The van der Waals surface area contributed by atoms with Gasteiger partial charge in [-0.2, -0.15) is 0 Å². The predicted molar refractivity (Wildman–Crippen MR) is 73.0 cm³/mol. The Morgan fingerprint density at radius 1 is 1.39 bits per heavy atom. The number of aryl methyl sites for hydroxylation is 1. The highest BCUT2D eigenvalue weighted by molar-refractivity contribution is 5.50. The topological polar surface area (TPSA) is 61.3 Å². The minimum absolute atomic E-state index is 0.161. The number of aliphatic hydroxyl groups is 1. The molecule has 1 aliphatic carbocycles. The van der Waals surface area contributed by atoms with E-state index in [2.05, 4.69) is 20.2 Å². The summed E-state index contributed by atoms with van der Waals surface area (Å²) in [5.74, 6) is 2.52. The van der Waals surface area contributed by atoms with Crippen molar-refractivity contribution in [1.82, 2.24) is 9.97 Å². The highest BCUT2D eigenvalue weighted by atomic mass is 16.3. The summed E-state index contributed by atoms with van der Waals surface area (Å²) in [5.41, 5.74) is 0. The van der Waals surface area contributed by atoms with E-state index in [0.29, 0.717) is 12.6 Å². The van der Waals surface area contributed by atoms with Gasteiger partial charge in [-0.1, -0.05) is 12.8 Å². The summed E-state index contributed by atoms with van der Waals surface area (Å²) in [6.45, 7) is 2.70. The van der Waals surface area contributed by atoms with E-state index < -0.39 is 0 Å². The van der Waals surface area contributed by atoms with Crippen LogP contribution in [0.5, 0.6) is 0 Å². The van der Waals surface area contributed by atoms with Crippen molar-refractivity contribution in [1.29, 1.82) is 0 Å². The van der Waals surface area contributed by atoms with Crippen LogP contribution in [0, 0.1) is 6.92 Å². The molecule has 1 fully saturated rings. The summed E-state index contributed by atoms with van der Waals surface area (Å²) in [5, 5.41) is 12.3. The Hall–Kier alpha value is -1.36. The molecule has 1 aliphatic rings. The maximum Gasteiger partial charge on any atom is 0.134 e. The van der Waals surface area contributed by atoms with Crippen LogP contribution < -0.4 is 10.2 Å².